The van der Waals surface area contributed by atoms with Crippen LogP contribution in [0, 0.1) is 5.92 Å². The zero-order valence-electron chi connectivity index (χ0n) is 14.8. The molecule has 2 heterocycles. The van der Waals surface area contributed by atoms with Crippen LogP contribution in [0.5, 0.6) is 5.75 Å². The van der Waals surface area contributed by atoms with Gasteiger partial charge in [-0.2, -0.15) is 4.68 Å². The second-order valence-electron chi connectivity index (χ2n) is 6.31. The topological polar surface area (TPSA) is 73.1 Å². The van der Waals surface area contributed by atoms with Crippen molar-refractivity contribution in [2.45, 2.75) is 37.1 Å². The van der Waals surface area contributed by atoms with E-state index in [1.807, 2.05) is 36.1 Å². The lowest BCUT2D eigenvalue weighted by atomic mass is 9.99. The summed E-state index contributed by atoms with van der Waals surface area (Å²) in [5, 5.41) is 12.3. The molecule has 0 saturated carbocycles. The number of methoxy groups -OCH3 is 1. The Morgan fingerprint density at radius 2 is 2.04 bits per heavy atom. The molecular formula is C17H23N5O2S. The van der Waals surface area contributed by atoms with Gasteiger partial charge in [0.1, 0.15) is 11.4 Å². The molecule has 1 aliphatic heterocycles. The highest BCUT2D eigenvalue weighted by Crippen LogP contribution is 2.29. The molecule has 1 atom stereocenters. The molecule has 0 N–H and O–H groups in total. The zero-order valence-corrected chi connectivity index (χ0v) is 15.6. The Hall–Kier alpha value is -2.09. The zero-order chi connectivity index (χ0) is 17.8. The molecular weight excluding hydrogens is 338 g/mol. The van der Waals surface area contributed by atoms with Crippen molar-refractivity contribution in [2.24, 2.45) is 5.92 Å². The van der Waals surface area contributed by atoms with Gasteiger partial charge >= 0.3 is 0 Å². The molecule has 0 aliphatic carbocycles. The Balaban J connectivity index is 1.73. The number of aromatic nitrogens is 4. The average Bonchev–Trinajstić information content (AvgIpc) is 3.09. The third-order valence-electron chi connectivity index (χ3n) is 4.48. The predicted molar refractivity (Wildman–Crippen MR) is 96.0 cm³/mol. The van der Waals surface area contributed by atoms with E-state index in [0.717, 1.165) is 31.6 Å². The maximum absolute atomic E-state index is 12.7. The fraction of sp³-hybridized carbons (Fsp3) is 0.529. The molecule has 7 nitrogen and oxygen atoms in total. The van der Waals surface area contributed by atoms with E-state index in [1.54, 1.807) is 11.8 Å². The van der Waals surface area contributed by atoms with Gasteiger partial charge in [-0.05, 0) is 48.2 Å². The van der Waals surface area contributed by atoms with Crippen molar-refractivity contribution in [3.8, 4) is 11.4 Å². The van der Waals surface area contributed by atoms with Crippen LogP contribution >= 0.6 is 11.8 Å². The van der Waals surface area contributed by atoms with Crippen LogP contribution in [0.2, 0.25) is 0 Å². The lowest BCUT2D eigenvalue weighted by Gasteiger charge is -2.31. The van der Waals surface area contributed by atoms with Crippen LogP contribution in [0.4, 0.5) is 0 Å². The second kappa shape index (κ2) is 7.86. The lowest BCUT2D eigenvalue weighted by Crippen LogP contribution is -2.41. The first kappa shape index (κ1) is 17.7. The monoisotopic (exact) mass is 361 g/mol. The van der Waals surface area contributed by atoms with Crippen molar-refractivity contribution in [3.05, 3.63) is 24.3 Å². The summed E-state index contributed by atoms with van der Waals surface area (Å²) in [5.74, 6) is 1.52. The minimum atomic E-state index is -0.243. The Morgan fingerprint density at radius 1 is 1.32 bits per heavy atom. The van der Waals surface area contributed by atoms with E-state index in [4.69, 9.17) is 4.74 Å². The molecule has 0 bridgehead atoms. The number of thioether (sulfide) groups is 1. The minimum absolute atomic E-state index is 0.145. The van der Waals surface area contributed by atoms with Crippen LogP contribution in [0.15, 0.2) is 29.4 Å². The molecule has 0 radical (unpaired) electrons. The highest BCUT2D eigenvalue weighted by Gasteiger charge is 2.27. The summed E-state index contributed by atoms with van der Waals surface area (Å²) in [5.41, 5.74) is 0.754. The van der Waals surface area contributed by atoms with Crippen LogP contribution in [0.1, 0.15) is 26.7 Å². The van der Waals surface area contributed by atoms with Crippen LogP contribution in [-0.2, 0) is 4.79 Å². The SMILES string of the molecule is COc1ccccc1-n1nnnc1SC(C)C(=O)N1CCC(C)CC1. The molecule has 1 fully saturated rings. The summed E-state index contributed by atoms with van der Waals surface area (Å²) in [4.78, 5) is 14.7. The molecule has 134 valence electrons. The lowest BCUT2D eigenvalue weighted by molar-refractivity contribution is -0.131. The molecule has 8 heteroatoms. The van der Waals surface area contributed by atoms with Gasteiger partial charge in [0.2, 0.25) is 11.1 Å². The van der Waals surface area contributed by atoms with Gasteiger partial charge in [-0.1, -0.05) is 30.8 Å². The number of para-hydroxylation sites is 2. The van der Waals surface area contributed by atoms with Gasteiger partial charge in [0.05, 0.1) is 12.4 Å². The fourth-order valence-electron chi connectivity index (χ4n) is 2.90. The number of hydrogen-bond acceptors (Lipinski definition) is 6. The molecule has 25 heavy (non-hydrogen) atoms. The van der Waals surface area contributed by atoms with E-state index in [1.165, 1.54) is 11.8 Å². The summed E-state index contributed by atoms with van der Waals surface area (Å²) in [7, 11) is 1.61. The number of carbonyl (C=O) groups excluding carboxylic acids is 1. The molecule has 1 aliphatic rings. The van der Waals surface area contributed by atoms with Crippen LogP contribution < -0.4 is 4.74 Å². The first-order chi connectivity index (χ1) is 12.1. The number of nitrogens with zero attached hydrogens (tertiary/aromatic N) is 5. The third-order valence-corrected chi connectivity index (χ3v) is 5.50. The molecule has 0 spiro atoms. The number of rotatable bonds is 5. The van der Waals surface area contributed by atoms with E-state index in [0.29, 0.717) is 16.8 Å². The van der Waals surface area contributed by atoms with Crippen molar-refractivity contribution in [1.29, 1.82) is 0 Å². The average molecular weight is 361 g/mol. The van der Waals surface area contributed by atoms with Crippen molar-refractivity contribution < 1.29 is 9.53 Å². The number of benzene rings is 1. The largest absolute Gasteiger partial charge is 0.494 e. The van der Waals surface area contributed by atoms with E-state index in [2.05, 4.69) is 22.4 Å². The van der Waals surface area contributed by atoms with E-state index in [9.17, 15) is 4.79 Å². The Kier molecular flexibility index (Phi) is 5.57. The summed E-state index contributed by atoms with van der Waals surface area (Å²) < 4.78 is 7.00. The highest BCUT2D eigenvalue weighted by atomic mass is 32.2. The van der Waals surface area contributed by atoms with Crippen molar-refractivity contribution >= 4 is 17.7 Å². The number of likely N-dealkylation sites (tertiary alicyclic amines) is 1. The van der Waals surface area contributed by atoms with Gasteiger partial charge in [-0.3, -0.25) is 4.79 Å². The number of amides is 1. The maximum atomic E-state index is 12.7. The Morgan fingerprint density at radius 3 is 2.76 bits per heavy atom. The first-order valence-corrected chi connectivity index (χ1v) is 9.35. The quantitative estimate of drug-likeness (QED) is 0.762. The fourth-order valence-corrected chi connectivity index (χ4v) is 3.79. The molecule has 1 saturated heterocycles. The van der Waals surface area contributed by atoms with E-state index < -0.39 is 0 Å². The van der Waals surface area contributed by atoms with E-state index in [-0.39, 0.29) is 11.2 Å². The molecule has 3 rings (SSSR count). The number of tetrazole rings is 1. The van der Waals surface area contributed by atoms with Crippen LogP contribution in [0.3, 0.4) is 0 Å². The van der Waals surface area contributed by atoms with Gasteiger partial charge in [0.15, 0.2) is 0 Å². The van der Waals surface area contributed by atoms with Crippen LogP contribution in [-0.4, -0.2) is 56.5 Å². The predicted octanol–water partition coefficient (Wildman–Crippen LogP) is 2.41. The summed E-state index contributed by atoms with van der Waals surface area (Å²) >= 11 is 1.37. The molecule has 1 aromatic heterocycles. The van der Waals surface area contributed by atoms with Crippen molar-refractivity contribution in [3.63, 3.8) is 0 Å². The van der Waals surface area contributed by atoms with Gasteiger partial charge in [0, 0.05) is 13.1 Å². The van der Waals surface area contributed by atoms with Crippen molar-refractivity contribution in [1.82, 2.24) is 25.1 Å². The van der Waals surface area contributed by atoms with Gasteiger partial charge in [0.25, 0.3) is 0 Å². The first-order valence-electron chi connectivity index (χ1n) is 8.47. The third kappa shape index (κ3) is 3.95. The maximum Gasteiger partial charge on any atom is 0.235 e. The number of ether oxygens (including phenoxy) is 1. The highest BCUT2D eigenvalue weighted by molar-refractivity contribution is 8.00. The van der Waals surface area contributed by atoms with Gasteiger partial charge in [-0.15, -0.1) is 5.10 Å². The standard InChI is InChI=1S/C17H23N5O2S/c1-12-8-10-21(11-9-12)16(23)13(2)25-17-18-19-20-22(17)14-6-4-5-7-15(14)24-3/h4-7,12-13H,8-11H2,1-3H3. The molecule has 1 amide bonds. The van der Waals surface area contributed by atoms with Gasteiger partial charge < -0.3 is 9.64 Å². The summed E-state index contributed by atoms with van der Waals surface area (Å²) in [6, 6.07) is 7.53. The second-order valence-corrected chi connectivity index (χ2v) is 7.62. The normalized spacial score (nSPS) is 16.7. The Labute approximate surface area is 151 Å². The summed E-state index contributed by atoms with van der Waals surface area (Å²) in [6.45, 7) is 5.82. The summed E-state index contributed by atoms with van der Waals surface area (Å²) in [6.07, 6.45) is 2.14. The minimum Gasteiger partial charge on any atom is -0.494 e. The number of hydrogen-bond donors (Lipinski definition) is 0. The van der Waals surface area contributed by atoms with Crippen LogP contribution in [0.25, 0.3) is 5.69 Å². The van der Waals surface area contributed by atoms with Gasteiger partial charge in [-0.25, -0.2) is 0 Å². The van der Waals surface area contributed by atoms with E-state index >= 15 is 0 Å². The molecule has 2 aromatic rings. The number of carbonyl (C=O) groups is 1. The molecule has 1 aromatic carbocycles. The smallest absolute Gasteiger partial charge is 0.235 e. The Bertz CT molecular complexity index is 727. The van der Waals surface area contributed by atoms with Crippen molar-refractivity contribution in [2.75, 3.05) is 20.2 Å². The number of piperidine rings is 1. The molecule has 1 unspecified atom stereocenters.